The summed E-state index contributed by atoms with van der Waals surface area (Å²) in [6.45, 7) is 0.514. The van der Waals surface area contributed by atoms with Gasteiger partial charge in [-0.3, -0.25) is 19.3 Å². The number of nitrogens with one attached hydrogen (secondary N) is 1. The molecule has 2 amide bonds. The number of nitrogens with zero attached hydrogens (tertiary/aromatic N) is 6. The average molecular weight is 459 g/mol. The van der Waals surface area contributed by atoms with Gasteiger partial charge in [0.2, 0.25) is 5.91 Å². The molecule has 34 heavy (non-hydrogen) atoms. The molecule has 10 heteroatoms. The molecule has 0 radical (unpaired) electrons. The standard InChI is InChI=1S/C24H22FN7O2/c1-31-13-21(29-30-31)16-8-15(9-18(25)10-16)12-28-22(33)20-11-19(4-6-27-20)32-7-5-24(14-26,23(32)34)17-2-3-17/h4,6,8-11,13,17H,2-3,5,7,12H2,1H3,(H,28,33)/t24-/m1/s1. The quantitative estimate of drug-likeness (QED) is 0.606. The number of nitriles is 1. The average Bonchev–Trinajstić information content (AvgIpc) is 3.51. The molecule has 0 unspecified atom stereocenters. The zero-order valence-electron chi connectivity index (χ0n) is 18.5. The SMILES string of the molecule is Cn1cc(-c2cc(F)cc(CNC(=O)c3cc(N4CC[C@@](C#N)(C5CC5)C4=O)ccn3)c2)nn1. The van der Waals surface area contributed by atoms with Crippen molar-refractivity contribution in [2.45, 2.75) is 25.8 Å². The summed E-state index contributed by atoms with van der Waals surface area (Å²) >= 11 is 0. The van der Waals surface area contributed by atoms with Crippen LogP contribution in [0.25, 0.3) is 11.3 Å². The molecule has 3 heterocycles. The van der Waals surface area contributed by atoms with E-state index < -0.39 is 17.1 Å². The fraction of sp³-hybridized carbons (Fsp3) is 0.333. The van der Waals surface area contributed by atoms with Gasteiger partial charge in [-0.05, 0) is 61.1 Å². The molecule has 5 rings (SSSR count). The Bertz CT molecular complexity index is 1330. The first-order chi connectivity index (χ1) is 16.4. The summed E-state index contributed by atoms with van der Waals surface area (Å²) in [5.41, 5.74) is 1.36. The summed E-state index contributed by atoms with van der Waals surface area (Å²) in [4.78, 5) is 31.5. The number of amides is 2. The molecule has 2 fully saturated rings. The maximum atomic E-state index is 14.1. The fourth-order valence-electron chi connectivity index (χ4n) is 4.50. The van der Waals surface area contributed by atoms with E-state index in [0.29, 0.717) is 35.5 Å². The zero-order valence-corrected chi connectivity index (χ0v) is 18.5. The number of rotatable bonds is 6. The lowest BCUT2D eigenvalue weighted by atomic mass is 9.83. The van der Waals surface area contributed by atoms with Gasteiger partial charge in [0.25, 0.3) is 5.91 Å². The minimum atomic E-state index is -0.954. The first kappa shape index (κ1) is 21.7. The fourth-order valence-corrected chi connectivity index (χ4v) is 4.50. The highest BCUT2D eigenvalue weighted by Crippen LogP contribution is 2.51. The van der Waals surface area contributed by atoms with E-state index in [1.165, 1.54) is 23.0 Å². The van der Waals surface area contributed by atoms with Gasteiger partial charge in [-0.25, -0.2) is 4.39 Å². The largest absolute Gasteiger partial charge is 0.347 e. The molecule has 0 bridgehead atoms. The number of pyridine rings is 1. The second kappa shape index (κ2) is 8.33. The third kappa shape index (κ3) is 3.90. The number of anilines is 1. The Morgan fingerprint density at radius 3 is 2.85 bits per heavy atom. The van der Waals surface area contributed by atoms with Crippen LogP contribution in [0.5, 0.6) is 0 Å². The predicted molar refractivity (Wildman–Crippen MR) is 120 cm³/mol. The molecule has 1 N–H and O–H groups in total. The van der Waals surface area contributed by atoms with Crippen molar-refractivity contribution < 1.29 is 14.0 Å². The van der Waals surface area contributed by atoms with Crippen LogP contribution in [0.3, 0.4) is 0 Å². The van der Waals surface area contributed by atoms with Crippen LogP contribution < -0.4 is 10.2 Å². The van der Waals surface area contributed by atoms with Crippen LogP contribution in [0, 0.1) is 28.5 Å². The number of carbonyl (C=O) groups excluding carboxylic acids is 2. The topological polar surface area (TPSA) is 117 Å². The van der Waals surface area contributed by atoms with E-state index in [2.05, 4.69) is 26.7 Å². The Labute approximate surface area is 195 Å². The summed E-state index contributed by atoms with van der Waals surface area (Å²) in [6, 6.07) is 9.90. The second-order valence-corrected chi connectivity index (χ2v) is 8.77. The highest BCUT2D eigenvalue weighted by atomic mass is 19.1. The monoisotopic (exact) mass is 459 g/mol. The molecule has 1 aliphatic carbocycles. The van der Waals surface area contributed by atoms with Crippen molar-refractivity contribution >= 4 is 17.5 Å². The number of hydrogen-bond donors (Lipinski definition) is 1. The van der Waals surface area contributed by atoms with Gasteiger partial charge in [0.05, 0.1) is 12.3 Å². The molecule has 1 saturated heterocycles. The summed E-state index contributed by atoms with van der Waals surface area (Å²) in [5.74, 6) is -0.978. The second-order valence-electron chi connectivity index (χ2n) is 8.77. The Kier molecular flexibility index (Phi) is 5.32. The predicted octanol–water partition coefficient (Wildman–Crippen LogP) is 2.60. The van der Waals surface area contributed by atoms with Crippen LogP contribution >= 0.6 is 0 Å². The van der Waals surface area contributed by atoms with Crippen LogP contribution in [0.4, 0.5) is 10.1 Å². The van der Waals surface area contributed by atoms with Crippen molar-refractivity contribution in [3.63, 3.8) is 0 Å². The maximum Gasteiger partial charge on any atom is 0.270 e. The van der Waals surface area contributed by atoms with E-state index in [-0.39, 0.29) is 24.1 Å². The van der Waals surface area contributed by atoms with Gasteiger partial charge in [0, 0.05) is 37.6 Å². The molecule has 1 aromatic carbocycles. The highest BCUT2D eigenvalue weighted by molar-refractivity contribution is 6.03. The molecule has 1 atom stereocenters. The van der Waals surface area contributed by atoms with Crippen LogP contribution in [0.1, 0.15) is 35.3 Å². The third-order valence-corrected chi connectivity index (χ3v) is 6.43. The smallest absolute Gasteiger partial charge is 0.270 e. The number of carbonyl (C=O) groups is 2. The van der Waals surface area contributed by atoms with Gasteiger partial charge in [0.15, 0.2) is 0 Å². The van der Waals surface area contributed by atoms with Gasteiger partial charge < -0.3 is 10.2 Å². The lowest BCUT2D eigenvalue weighted by Gasteiger charge is -2.21. The van der Waals surface area contributed by atoms with E-state index in [4.69, 9.17) is 0 Å². The summed E-state index contributed by atoms with van der Waals surface area (Å²) in [7, 11) is 1.72. The van der Waals surface area contributed by atoms with Crippen molar-refractivity contribution in [2.75, 3.05) is 11.4 Å². The van der Waals surface area contributed by atoms with E-state index in [1.54, 1.807) is 36.3 Å². The minimum absolute atomic E-state index is 0.0810. The Morgan fingerprint density at radius 1 is 1.32 bits per heavy atom. The van der Waals surface area contributed by atoms with Crippen LogP contribution in [-0.2, 0) is 18.4 Å². The number of aromatic nitrogens is 4. The van der Waals surface area contributed by atoms with Crippen molar-refractivity contribution in [2.24, 2.45) is 18.4 Å². The Morgan fingerprint density at radius 2 is 2.15 bits per heavy atom. The number of hydrogen-bond acceptors (Lipinski definition) is 6. The van der Waals surface area contributed by atoms with Gasteiger partial charge in [-0.2, -0.15) is 5.26 Å². The molecule has 2 aliphatic rings. The molecule has 1 saturated carbocycles. The minimum Gasteiger partial charge on any atom is -0.347 e. The third-order valence-electron chi connectivity index (χ3n) is 6.43. The lowest BCUT2D eigenvalue weighted by Crippen LogP contribution is -2.35. The van der Waals surface area contributed by atoms with Crippen molar-refractivity contribution in [1.82, 2.24) is 25.3 Å². The van der Waals surface area contributed by atoms with Crippen LogP contribution in [0.15, 0.2) is 42.7 Å². The van der Waals surface area contributed by atoms with Gasteiger partial charge in [-0.15, -0.1) is 5.10 Å². The molecule has 2 aromatic heterocycles. The summed E-state index contributed by atoms with van der Waals surface area (Å²) in [5, 5.41) is 20.3. The van der Waals surface area contributed by atoms with Crippen molar-refractivity contribution in [3.8, 4) is 17.3 Å². The molecule has 1 aliphatic heterocycles. The first-order valence-corrected chi connectivity index (χ1v) is 11.0. The van der Waals surface area contributed by atoms with E-state index in [0.717, 1.165) is 12.8 Å². The Hall–Kier alpha value is -4.13. The number of halogens is 1. The molecule has 9 nitrogen and oxygen atoms in total. The van der Waals surface area contributed by atoms with Crippen LogP contribution in [0.2, 0.25) is 0 Å². The van der Waals surface area contributed by atoms with Gasteiger partial charge in [0.1, 0.15) is 22.6 Å². The van der Waals surface area contributed by atoms with Gasteiger partial charge in [-0.1, -0.05) is 5.21 Å². The molecule has 3 aromatic rings. The number of benzene rings is 1. The van der Waals surface area contributed by atoms with E-state index in [9.17, 15) is 19.2 Å². The molecule has 172 valence electrons. The molecular weight excluding hydrogens is 437 g/mol. The van der Waals surface area contributed by atoms with E-state index >= 15 is 0 Å². The summed E-state index contributed by atoms with van der Waals surface area (Å²) < 4.78 is 15.7. The number of aryl methyl sites for hydroxylation is 1. The first-order valence-electron chi connectivity index (χ1n) is 11.0. The van der Waals surface area contributed by atoms with Crippen molar-refractivity contribution in [3.05, 3.63) is 59.8 Å². The highest BCUT2D eigenvalue weighted by Gasteiger charge is 2.56. The molecule has 0 spiro atoms. The van der Waals surface area contributed by atoms with Crippen molar-refractivity contribution in [1.29, 1.82) is 5.26 Å². The summed E-state index contributed by atoms with van der Waals surface area (Å²) in [6.07, 6.45) is 5.43. The van der Waals surface area contributed by atoms with E-state index in [1.807, 2.05) is 0 Å². The van der Waals surface area contributed by atoms with Crippen LogP contribution in [-0.4, -0.2) is 38.3 Å². The normalized spacial score (nSPS) is 19.8. The lowest BCUT2D eigenvalue weighted by molar-refractivity contribution is -0.123. The zero-order chi connectivity index (χ0) is 23.9. The molecular formula is C24H22FN7O2. The maximum absolute atomic E-state index is 14.1. The Balaban J connectivity index is 1.29. The van der Waals surface area contributed by atoms with Gasteiger partial charge >= 0.3 is 0 Å².